The molecule has 33 heavy (non-hydrogen) atoms. The van der Waals surface area contributed by atoms with Crippen molar-refractivity contribution < 1.29 is 13.6 Å². The molecule has 5 rings (SSSR count). The van der Waals surface area contributed by atoms with Crippen LogP contribution in [0.4, 0.5) is 14.6 Å². The lowest BCUT2D eigenvalue weighted by molar-refractivity contribution is -0.115. The van der Waals surface area contributed by atoms with Gasteiger partial charge in [0.25, 0.3) is 0 Å². The number of nitrogens with zero attached hydrogens (tertiary/aromatic N) is 2. The maximum absolute atomic E-state index is 13.8. The second kappa shape index (κ2) is 9.38. The molecule has 0 bridgehead atoms. The molecular formula is C27H27F2N3O. The molecule has 170 valence electrons. The van der Waals surface area contributed by atoms with Crippen molar-refractivity contribution in [2.45, 2.75) is 57.8 Å². The van der Waals surface area contributed by atoms with E-state index in [1.54, 1.807) is 24.3 Å². The number of hydrogen-bond donors (Lipinski definition) is 1. The number of nitrogens with one attached hydrogen (secondary N) is 1. The van der Waals surface area contributed by atoms with Crippen molar-refractivity contribution in [2.75, 3.05) is 5.32 Å². The number of hydrogen-bond acceptors (Lipinski definition) is 3. The van der Waals surface area contributed by atoms with Gasteiger partial charge >= 0.3 is 0 Å². The summed E-state index contributed by atoms with van der Waals surface area (Å²) in [4.78, 5) is 22.6. The van der Waals surface area contributed by atoms with Gasteiger partial charge in [0.05, 0.1) is 23.5 Å². The number of carbonyl (C=O) groups is 1. The molecule has 0 spiro atoms. The number of fused-ring (bicyclic) bond motifs is 3. The van der Waals surface area contributed by atoms with Crippen molar-refractivity contribution in [3.05, 3.63) is 76.6 Å². The number of aromatic nitrogens is 2. The van der Waals surface area contributed by atoms with E-state index >= 15 is 0 Å². The van der Waals surface area contributed by atoms with Gasteiger partial charge in [-0.15, -0.1) is 0 Å². The third-order valence-corrected chi connectivity index (χ3v) is 6.74. The van der Waals surface area contributed by atoms with Crippen LogP contribution in [-0.2, 0) is 30.5 Å². The molecule has 1 fully saturated rings. The molecule has 0 radical (unpaired) electrons. The molecule has 2 aliphatic carbocycles. The zero-order valence-corrected chi connectivity index (χ0v) is 18.5. The molecule has 1 saturated carbocycles. The lowest BCUT2D eigenvalue weighted by Gasteiger charge is -2.24. The zero-order valence-electron chi connectivity index (χ0n) is 18.5. The average Bonchev–Trinajstić information content (AvgIpc) is 2.81. The smallest absolute Gasteiger partial charge is 0.229 e. The van der Waals surface area contributed by atoms with Gasteiger partial charge in [-0.3, -0.25) is 4.79 Å². The third kappa shape index (κ3) is 4.95. The van der Waals surface area contributed by atoms with E-state index in [9.17, 15) is 13.6 Å². The van der Waals surface area contributed by atoms with E-state index in [4.69, 9.17) is 9.97 Å². The van der Waals surface area contributed by atoms with Crippen LogP contribution in [-0.4, -0.2) is 15.9 Å². The van der Waals surface area contributed by atoms with Crippen LogP contribution in [0.25, 0.3) is 11.3 Å². The number of rotatable bonds is 5. The van der Waals surface area contributed by atoms with Crippen molar-refractivity contribution in [1.29, 1.82) is 0 Å². The predicted octanol–water partition coefficient (Wildman–Crippen LogP) is 5.82. The van der Waals surface area contributed by atoms with Crippen LogP contribution < -0.4 is 5.32 Å². The summed E-state index contributed by atoms with van der Waals surface area (Å²) in [5, 5.41) is 2.98. The number of aryl methyl sites for hydroxylation is 2. The summed E-state index contributed by atoms with van der Waals surface area (Å²) in [6, 6.07) is 10.8. The standard InChI is InChI=1S/C27H27F2N3O/c28-20-9-6-18(7-10-20)15-25(33)32-27-24(14-17-4-2-1-3-5-17)30-26-22-12-11-21(29)16-19(22)8-13-23(26)31-27/h6-7,9-12,16-17H,1-5,8,13-15H2,(H,31,32,33). The highest BCUT2D eigenvalue weighted by Crippen LogP contribution is 2.35. The Hall–Kier alpha value is -3.15. The fourth-order valence-corrected chi connectivity index (χ4v) is 5.02. The normalized spacial score (nSPS) is 15.6. The van der Waals surface area contributed by atoms with Gasteiger partial charge < -0.3 is 5.32 Å². The van der Waals surface area contributed by atoms with E-state index in [0.717, 1.165) is 53.0 Å². The lowest BCUT2D eigenvalue weighted by Crippen LogP contribution is -2.21. The Morgan fingerprint density at radius 3 is 2.48 bits per heavy atom. The number of halogens is 2. The minimum atomic E-state index is -0.324. The van der Waals surface area contributed by atoms with Gasteiger partial charge in [-0.1, -0.05) is 44.2 Å². The number of anilines is 1. The summed E-state index contributed by atoms with van der Waals surface area (Å²) in [7, 11) is 0. The van der Waals surface area contributed by atoms with Crippen LogP contribution in [0.2, 0.25) is 0 Å². The fourth-order valence-electron chi connectivity index (χ4n) is 5.02. The second-order valence-corrected chi connectivity index (χ2v) is 9.18. The van der Waals surface area contributed by atoms with Crippen LogP contribution in [0.5, 0.6) is 0 Å². The molecule has 0 saturated heterocycles. The van der Waals surface area contributed by atoms with Crippen molar-refractivity contribution in [3.63, 3.8) is 0 Å². The summed E-state index contributed by atoms with van der Waals surface area (Å²) in [5.74, 6) is 0.290. The first-order chi connectivity index (χ1) is 16.0. The minimum absolute atomic E-state index is 0.143. The molecular weight excluding hydrogens is 420 g/mol. The highest BCUT2D eigenvalue weighted by atomic mass is 19.1. The predicted molar refractivity (Wildman–Crippen MR) is 124 cm³/mol. The highest BCUT2D eigenvalue weighted by Gasteiger charge is 2.25. The Morgan fingerprint density at radius 2 is 1.70 bits per heavy atom. The summed E-state index contributed by atoms with van der Waals surface area (Å²) < 4.78 is 27.0. The van der Waals surface area contributed by atoms with E-state index in [0.29, 0.717) is 24.6 Å². The quantitative estimate of drug-likeness (QED) is 0.536. The summed E-state index contributed by atoms with van der Waals surface area (Å²) in [6.45, 7) is 0. The van der Waals surface area contributed by atoms with Gasteiger partial charge in [-0.25, -0.2) is 18.7 Å². The monoisotopic (exact) mass is 447 g/mol. The molecule has 2 aromatic carbocycles. The van der Waals surface area contributed by atoms with E-state index in [-0.39, 0.29) is 24.0 Å². The molecule has 2 aliphatic rings. The Morgan fingerprint density at radius 1 is 0.939 bits per heavy atom. The van der Waals surface area contributed by atoms with Gasteiger partial charge in [0.1, 0.15) is 11.6 Å². The van der Waals surface area contributed by atoms with Crippen LogP contribution in [0.1, 0.15) is 54.6 Å². The number of carbonyl (C=O) groups excluding carboxylic acids is 1. The molecule has 1 amide bonds. The molecule has 0 aliphatic heterocycles. The first-order valence-electron chi connectivity index (χ1n) is 11.8. The third-order valence-electron chi connectivity index (χ3n) is 6.74. The molecule has 4 nitrogen and oxygen atoms in total. The van der Waals surface area contributed by atoms with Crippen molar-refractivity contribution in [1.82, 2.24) is 9.97 Å². The van der Waals surface area contributed by atoms with Crippen LogP contribution >= 0.6 is 0 Å². The van der Waals surface area contributed by atoms with Crippen LogP contribution in [0.3, 0.4) is 0 Å². The summed E-state index contributed by atoms with van der Waals surface area (Å²) in [6.07, 6.45) is 8.28. The first-order valence-corrected chi connectivity index (χ1v) is 11.8. The molecule has 1 aromatic heterocycles. The molecule has 1 N–H and O–H groups in total. The average molecular weight is 448 g/mol. The van der Waals surface area contributed by atoms with E-state index in [1.165, 1.54) is 37.5 Å². The Labute approximate surface area is 192 Å². The highest BCUT2D eigenvalue weighted by molar-refractivity contribution is 5.92. The summed E-state index contributed by atoms with van der Waals surface area (Å²) >= 11 is 0. The zero-order chi connectivity index (χ0) is 22.8. The number of benzene rings is 2. The van der Waals surface area contributed by atoms with Crippen molar-refractivity contribution in [3.8, 4) is 11.3 Å². The van der Waals surface area contributed by atoms with Gasteiger partial charge in [-0.05, 0) is 66.6 Å². The van der Waals surface area contributed by atoms with Gasteiger partial charge in [0, 0.05) is 5.56 Å². The molecule has 0 unspecified atom stereocenters. The maximum atomic E-state index is 13.8. The Kier molecular flexibility index (Phi) is 6.16. The maximum Gasteiger partial charge on any atom is 0.229 e. The molecule has 3 aromatic rings. The van der Waals surface area contributed by atoms with E-state index in [1.807, 2.05) is 0 Å². The Balaban J connectivity index is 1.46. The lowest BCUT2D eigenvalue weighted by atomic mass is 9.85. The molecule has 1 heterocycles. The van der Waals surface area contributed by atoms with E-state index in [2.05, 4.69) is 5.32 Å². The van der Waals surface area contributed by atoms with Crippen molar-refractivity contribution in [2.24, 2.45) is 5.92 Å². The van der Waals surface area contributed by atoms with Crippen LogP contribution in [0.15, 0.2) is 42.5 Å². The fraction of sp³-hybridized carbons (Fsp3) is 0.370. The summed E-state index contributed by atoms with van der Waals surface area (Å²) in [5.41, 5.74) is 5.06. The van der Waals surface area contributed by atoms with Crippen LogP contribution in [0, 0.1) is 17.6 Å². The van der Waals surface area contributed by atoms with E-state index < -0.39 is 0 Å². The minimum Gasteiger partial charge on any atom is -0.309 e. The molecule has 6 heteroatoms. The Bertz CT molecular complexity index is 1170. The SMILES string of the molecule is O=C(Cc1ccc(F)cc1)Nc1nc2c(nc1CC1CCCCC1)-c1ccc(F)cc1CC2. The van der Waals surface area contributed by atoms with Gasteiger partial charge in [-0.2, -0.15) is 0 Å². The van der Waals surface area contributed by atoms with Gasteiger partial charge in [0.15, 0.2) is 5.82 Å². The van der Waals surface area contributed by atoms with Crippen molar-refractivity contribution >= 4 is 11.7 Å². The largest absolute Gasteiger partial charge is 0.309 e. The topological polar surface area (TPSA) is 54.9 Å². The number of amides is 1. The van der Waals surface area contributed by atoms with Gasteiger partial charge in [0.2, 0.25) is 5.91 Å². The second-order valence-electron chi connectivity index (χ2n) is 9.18. The molecule has 0 atom stereocenters. The first kappa shape index (κ1) is 21.7.